The van der Waals surface area contributed by atoms with Crippen molar-refractivity contribution in [3.8, 4) is 0 Å². The summed E-state index contributed by atoms with van der Waals surface area (Å²) in [7, 11) is 0. The molecule has 0 unspecified atom stereocenters. The highest BCUT2D eigenvalue weighted by atomic mass is 16.5. The summed E-state index contributed by atoms with van der Waals surface area (Å²) in [5.74, 6) is -2.11. The van der Waals surface area contributed by atoms with E-state index in [1.54, 1.807) is 29.2 Å². The van der Waals surface area contributed by atoms with Crippen LogP contribution < -0.4 is 10.2 Å². The summed E-state index contributed by atoms with van der Waals surface area (Å²) in [6.07, 6.45) is 0.0432. The van der Waals surface area contributed by atoms with Crippen molar-refractivity contribution >= 4 is 34.9 Å². The number of amides is 2. The molecule has 1 atom stereocenters. The van der Waals surface area contributed by atoms with Crippen LogP contribution in [-0.2, 0) is 19.1 Å². The zero-order valence-corrected chi connectivity index (χ0v) is 16.3. The lowest BCUT2D eigenvalue weighted by Gasteiger charge is -2.16. The molecule has 0 bridgehead atoms. The Balaban J connectivity index is 1.54. The molecule has 1 aliphatic heterocycles. The first-order valence-corrected chi connectivity index (χ1v) is 9.28. The molecule has 2 aromatic rings. The SMILES string of the molecule is CC(=O)c1ccccc1NC(=O)COC(=O)[C@@H]1CC(=O)N(c2ccc(C)cc2)C1. The third-order valence-corrected chi connectivity index (χ3v) is 4.73. The minimum absolute atomic E-state index is 0.0432. The summed E-state index contributed by atoms with van der Waals surface area (Å²) < 4.78 is 5.10. The molecule has 0 saturated carbocycles. The minimum Gasteiger partial charge on any atom is -0.455 e. The number of ketones is 1. The van der Waals surface area contributed by atoms with E-state index < -0.39 is 24.4 Å². The Labute approximate surface area is 168 Å². The molecule has 1 saturated heterocycles. The second kappa shape index (κ2) is 8.68. The van der Waals surface area contributed by atoms with Crippen molar-refractivity contribution in [2.75, 3.05) is 23.4 Å². The van der Waals surface area contributed by atoms with Gasteiger partial charge in [0.2, 0.25) is 5.91 Å². The number of esters is 1. The summed E-state index contributed by atoms with van der Waals surface area (Å²) in [5.41, 5.74) is 2.55. The van der Waals surface area contributed by atoms with E-state index in [1.807, 2.05) is 31.2 Å². The van der Waals surface area contributed by atoms with Gasteiger partial charge >= 0.3 is 5.97 Å². The van der Waals surface area contributed by atoms with Gasteiger partial charge in [-0.25, -0.2) is 0 Å². The first-order chi connectivity index (χ1) is 13.8. The predicted molar refractivity (Wildman–Crippen MR) is 108 cm³/mol. The fourth-order valence-electron chi connectivity index (χ4n) is 3.18. The van der Waals surface area contributed by atoms with Crippen molar-refractivity contribution in [3.63, 3.8) is 0 Å². The number of hydrogen-bond donors (Lipinski definition) is 1. The molecule has 0 aromatic heterocycles. The number of carbonyl (C=O) groups excluding carboxylic acids is 4. The predicted octanol–water partition coefficient (Wildman–Crippen LogP) is 2.73. The number of carbonyl (C=O) groups is 4. The first kappa shape index (κ1) is 20.3. The Morgan fingerprint density at radius 3 is 2.48 bits per heavy atom. The second-order valence-corrected chi connectivity index (χ2v) is 7.00. The molecular formula is C22H22N2O5. The highest BCUT2D eigenvalue weighted by Crippen LogP contribution is 2.26. The van der Waals surface area contributed by atoms with E-state index in [0.717, 1.165) is 11.3 Å². The van der Waals surface area contributed by atoms with Gasteiger partial charge < -0.3 is 15.0 Å². The van der Waals surface area contributed by atoms with Crippen LogP contribution >= 0.6 is 0 Å². The van der Waals surface area contributed by atoms with Gasteiger partial charge in [0.25, 0.3) is 5.91 Å². The van der Waals surface area contributed by atoms with Gasteiger partial charge in [-0.1, -0.05) is 29.8 Å². The number of rotatable bonds is 6. The van der Waals surface area contributed by atoms with Crippen LogP contribution in [0.5, 0.6) is 0 Å². The number of Topliss-reactive ketones (excluding diaryl/α,β-unsaturated/α-hetero) is 1. The van der Waals surface area contributed by atoms with Crippen molar-refractivity contribution in [2.24, 2.45) is 5.92 Å². The van der Waals surface area contributed by atoms with Gasteiger partial charge in [0, 0.05) is 24.2 Å². The molecule has 1 aliphatic rings. The zero-order valence-electron chi connectivity index (χ0n) is 16.3. The Hall–Kier alpha value is -3.48. The van der Waals surface area contributed by atoms with Gasteiger partial charge in [-0.3, -0.25) is 19.2 Å². The number of aryl methyl sites for hydroxylation is 1. The fourth-order valence-corrected chi connectivity index (χ4v) is 3.18. The number of anilines is 2. The Bertz CT molecular complexity index is 952. The summed E-state index contributed by atoms with van der Waals surface area (Å²) >= 11 is 0. The van der Waals surface area contributed by atoms with Crippen LogP contribution in [-0.4, -0.2) is 36.7 Å². The standard InChI is InChI=1S/C22H22N2O5/c1-14-7-9-17(10-8-14)24-12-16(11-21(24)27)22(28)29-13-20(26)23-19-6-4-3-5-18(19)15(2)25/h3-10,16H,11-13H2,1-2H3,(H,23,26)/t16-/m1/s1. The Morgan fingerprint density at radius 1 is 1.10 bits per heavy atom. The summed E-state index contributed by atoms with van der Waals surface area (Å²) in [5, 5.41) is 2.57. The summed E-state index contributed by atoms with van der Waals surface area (Å²) in [6.45, 7) is 3.09. The van der Waals surface area contributed by atoms with Crippen molar-refractivity contribution < 1.29 is 23.9 Å². The molecule has 7 nitrogen and oxygen atoms in total. The van der Waals surface area contributed by atoms with E-state index >= 15 is 0 Å². The molecule has 0 radical (unpaired) electrons. The number of nitrogens with zero attached hydrogens (tertiary/aromatic N) is 1. The topological polar surface area (TPSA) is 92.8 Å². The summed E-state index contributed by atoms with van der Waals surface area (Å²) in [4.78, 5) is 49.9. The van der Waals surface area contributed by atoms with E-state index in [0.29, 0.717) is 11.3 Å². The van der Waals surface area contributed by atoms with Gasteiger partial charge in [0.1, 0.15) is 0 Å². The number of para-hydroxylation sites is 1. The highest BCUT2D eigenvalue weighted by Gasteiger charge is 2.36. The van der Waals surface area contributed by atoms with Crippen LogP contribution in [0.3, 0.4) is 0 Å². The maximum Gasteiger partial charge on any atom is 0.311 e. The monoisotopic (exact) mass is 394 g/mol. The molecule has 7 heteroatoms. The zero-order chi connectivity index (χ0) is 21.0. The maximum atomic E-state index is 12.3. The second-order valence-electron chi connectivity index (χ2n) is 7.00. The lowest BCUT2D eigenvalue weighted by Crippen LogP contribution is -2.28. The van der Waals surface area contributed by atoms with Crippen molar-refractivity contribution in [2.45, 2.75) is 20.3 Å². The minimum atomic E-state index is -0.624. The molecule has 1 fully saturated rings. The quantitative estimate of drug-likeness (QED) is 0.601. The van der Waals surface area contributed by atoms with E-state index in [-0.39, 0.29) is 24.7 Å². The Kier molecular flexibility index (Phi) is 6.07. The van der Waals surface area contributed by atoms with E-state index in [1.165, 1.54) is 6.92 Å². The molecule has 2 aromatic carbocycles. The molecule has 0 spiro atoms. The third-order valence-electron chi connectivity index (χ3n) is 4.73. The van der Waals surface area contributed by atoms with Gasteiger partial charge in [-0.05, 0) is 38.1 Å². The lowest BCUT2D eigenvalue weighted by molar-refractivity contribution is -0.151. The largest absolute Gasteiger partial charge is 0.455 e. The molecule has 1 heterocycles. The lowest BCUT2D eigenvalue weighted by atomic mass is 10.1. The van der Waals surface area contributed by atoms with Gasteiger partial charge in [0.15, 0.2) is 12.4 Å². The Morgan fingerprint density at radius 2 is 1.79 bits per heavy atom. The molecule has 3 rings (SSSR count). The smallest absolute Gasteiger partial charge is 0.311 e. The maximum absolute atomic E-state index is 12.3. The van der Waals surface area contributed by atoms with Crippen LogP contribution in [0.1, 0.15) is 29.3 Å². The first-order valence-electron chi connectivity index (χ1n) is 9.28. The van der Waals surface area contributed by atoms with Crippen LogP contribution in [0.4, 0.5) is 11.4 Å². The number of nitrogens with one attached hydrogen (secondary N) is 1. The number of benzene rings is 2. The van der Waals surface area contributed by atoms with E-state index in [9.17, 15) is 19.2 Å². The van der Waals surface area contributed by atoms with Gasteiger partial charge in [-0.15, -0.1) is 0 Å². The third kappa shape index (κ3) is 4.87. The van der Waals surface area contributed by atoms with Crippen molar-refractivity contribution in [1.82, 2.24) is 0 Å². The molecule has 1 N–H and O–H groups in total. The van der Waals surface area contributed by atoms with Crippen molar-refractivity contribution in [1.29, 1.82) is 0 Å². The summed E-state index contributed by atoms with van der Waals surface area (Å²) in [6, 6.07) is 14.1. The number of hydrogen-bond acceptors (Lipinski definition) is 5. The van der Waals surface area contributed by atoms with E-state index in [4.69, 9.17) is 4.74 Å². The average Bonchev–Trinajstić information content (AvgIpc) is 3.09. The fraction of sp³-hybridized carbons (Fsp3) is 0.273. The molecule has 2 amide bonds. The van der Waals surface area contributed by atoms with Crippen LogP contribution in [0.15, 0.2) is 48.5 Å². The van der Waals surface area contributed by atoms with Crippen LogP contribution in [0.25, 0.3) is 0 Å². The van der Waals surface area contributed by atoms with Crippen LogP contribution in [0.2, 0.25) is 0 Å². The normalized spacial score (nSPS) is 15.9. The number of ether oxygens (including phenoxy) is 1. The average molecular weight is 394 g/mol. The molecule has 29 heavy (non-hydrogen) atoms. The molecule has 150 valence electrons. The molecule has 0 aliphatic carbocycles. The van der Waals surface area contributed by atoms with Gasteiger partial charge in [0.05, 0.1) is 11.6 Å². The highest BCUT2D eigenvalue weighted by molar-refractivity contribution is 6.04. The molecular weight excluding hydrogens is 372 g/mol. The van der Waals surface area contributed by atoms with E-state index in [2.05, 4.69) is 5.32 Å². The van der Waals surface area contributed by atoms with Crippen LogP contribution in [0, 0.1) is 12.8 Å². The van der Waals surface area contributed by atoms with Gasteiger partial charge in [-0.2, -0.15) is 0 Å². The van der Waals surface area contributed by atoms with Crippen molar-refractivity contribution in [3.05, 3.63) is 59.7 Å².